The molecule has 0 aliphatic carbocycles. The summed E-state index contributed by atoms with van der Waals surface area (Å²) in [4.78, 5) is 29.9. The first-order valence-corrected chi connectivity index (χ1v) is 17.0. The van der Waals surface area contributed by atoms with E-state index in [1.807, 2.05) is 50.2 Å². The normalized spacial score (nSPS) is 11.8. The van der Waals surface area contributed by atoms with Gasteiger partial charge in [-0.3, -0.25) is 13.9 Å². The highest BCUT2D eigenvalue weighted by Crippen LogP contribution is 2.28. The summed E-state index contributed by atoms with van der Waals surface area (Å²) in [5, 5.41) is 3.42. The van der Waals surface area contributed by atoms with Crippen molar-refractivity contribution in [3.8, 4) is 5.75 Å². The minimum Gasteiger partial charge on any atom is -0.497 e. The van der Waals surface area contributed by atoms with Crippen molar-refractivity contribution in [1.82, 2.24) is 10.2 Å². The van der Waals surface area contributed by atoms with Crippen molar-refractivity contribution in [3.05, 3.63) is 125 Å². The van der Waals surface area contributed by atoms with Gasteiger partial charge in [0.2, 0.25) is 11.8 Å². The largest absolute Gasteiger partial charge is 0.497 e. The highest BCUT2D eigenvalue weighted by molar-refractivity contribution is 7.92. The van der Waals surface area contributed by atoms with Gasteiger partial charge in [0.15, 0.2) is 0 Å². The fourth-order valence-corrected chi connectivity index (χ4v) is 6.59. The number of halogens is 1. The van der Waals surface area contributed by atoms with E-state index in [2.05, 4.69) is 5.32 Å². The van der Waals surface area contributed by atoms with E-state index in [1.54, 1.807) is 54.6 Å². The number of nitrogens with one attached hydrogen (secondary N) is 1. The highest BCUT2D eigenvalue weighted by atomic mass is 35.5. The number of methoxy groups -OCH3 is 1. The van der Waals surface area contributed by atoms with Crippen LogP contribution in [0.3, 0.4) is 0 Å². The number of hydrogen-bond donors (Lipinski definition) is 1. The van der Waals surface area contributed by atoms with Crippen LogP contribution >= 0.6 is 11.6 Å². The van der Waals surface area contributed by atoms with E-state index in [4.69, 9.17) is 16.3 Å². The molecule has 0 saturated carbocycles. The van der Waals surface area contributed by atoms with Gasteiger partial charge in [-0.05, 0) is 66.9 Å². The second-order valence-electron chi connectivity index (χ2n) is 11.0. The lowest BCUT2D eigenvalue weighted by atomic mass is 10.0. The molecule has 1 atom stereocenters. The van der Waals surface area contributed by atoms with Crippen LogP contribution < -0.4 is 14.4 Å². The van der Waals surface area contributed by atoms with Crippen molar-refractivity contribution in [3.63, 3.8) is 0 Å². The summed E-state index contributed by atoms with van der Waals surface area (Å²) >= 11 is 6.56. The number of anilines is 1. The Hall–Kier alpha value is -4.34. The Bertz CT molecular complexity index is 1700. The van der Waals surface area contributed by atoms with Crippen molar-refractivity contribution in [2.45, 2.75) is 50.6 Å². The fraction of sp³-hybridized carbons (Fsp3) is 0.278. The molecule has 4 aromatic carbocycles. The number of sulfonamides is 1. The summed E-state index contributed by atoms with van der Waals surface area (Å²) in [6.07, 6.45) is 1.89. The summed E-state index contributed by atoms with van der Waals surface area (Å²) in [5.41, 5.74) is 2.66. The van der Waals surface area contributed by atoms with Crippen molar-refractivity contribution in [2.24, 2.45) is 0 Å². The van der Waals surface area contributed by atoms with Crippen LogP contribution in [0, 0.1) is 6.92 Å². The summed E-state index contributed by atoms with van der Waals surface area (Å²) in [6.45, 7) is 3.79. The molecule has 46 heavy (non-hydrogen) atoms. The zero-order valence-corrected chi connectivity index (χ0v) is 27.9. The topological polar surface area (TPSA) is 96.0 Å². The zero-order chi connectivity index (χ0) is 33.1. The molecule has 0 aliphatic rings. The van der Waals surface area contributed by atoms with Gasteiger partial charge in [0.1, 0.15) is 18.3 Å². The lowest BCUT2D eigenvalue weighted by Gasteiger charge is -2.34. The van der Waals surface area contributed by atoms with Gasteiger partial charge >= 0.3 is 0 Å². The molecule has 0 fully saturated rings. The zero-order valence-electron chi connectivity index (χ0n) is 26.4. The molecule has 0 heterocycles. The second kappa shape index (κ2) is 16.3. The number of ether oxygens (including phenoxy) is 1. The maximum absolute atomic E-state index is 14.5. The number of amides is 2. The second-order valence-corrected chi connectivity index (χ2v) is 13.3. The third-order valence-corrected chi connectivity index (χ3v) is 9.80. The molecule has 10 heteroatoms. The Morgan fingerprint density at radius 3 is 2.17 bits per heavy atom. The molecular weight excluding hydrogens is 622 g/mol. The number of aryl methyl sites for hydroxylation is 1. The van der Waals surface area contributed by atoms with Crippen LogP contribution in [0.2, 0.25) is 5.02 Å². The highest BCUT2D eigenvalue weighted by Gasteiger charge is 2.35. The molecule has 2 amide bonds. The fourth-order valence-electron chi connectivity index (χ4n) is 4.98. The van der Waals surface area contributed by atoms with Gasteiger partial charge in [0.05, 0.1) is 17.7 Å². The van der Waals surface area contributed by atoms with E-state index in [1.165, 1.54) is 24.1 Å². The van der Waals surface area contributed by atoms with E-state index in [0.29, 0.717) is 22.9 Å². The molecule has 0 aliphatic heterocycles. The Morgan fingerprint density at radius 1 is 0.891 bits per heavy atom. The Morgan fingerprint density at radius 2 is 1.54 bits per heavy atom. The van der Waals surface area contributed by atoms with Gasteiger partial charge < -0.3 is 15.0 Å². The first kappa shape index (κ1) is 34.5. The molecule has 0 aromatic heterocycles. The van der Waals surface area contributed by atoms with Crippen LogP contribution in [-0.2, 0) is 32.6 Å². The lowest BCUT2D eigenvalue weighted by Crippen LogP contribution is -2.53. The summed E-state index contributed by atoms with van der Waals surface area (Å²) in [7, 11) is -2.69. The first-order valence-electron chi connectivity index (χ1n) is 15.2. The minimum atomic E-state index is -4.20. The van der Waals surface area contributed by atoms with Crippen LogP contribution in [0.25, 0.3) is 0 Å². The van der Waals surface area contributed by atoms with E-state index in [0.717, 1.165) is 28.3 Å². The molecular formula is C36H40ClN3O5S. The molecule has 4 rings (SSSR count). The lowest BCUT2D eigenvalue weighted by molar-refractivity contribution is -0.140. The summed E-state index contributed by atoms with van der Waals surface area (Å²) in [6, 6.07) is 28.5. The monoisotopic (exact) mass is 661 g/mol. The van der Waals surface area contributed by atoms with Crippen LogP contribution in [0.1, 0.15) is 36.5 Å². The predicted molar refractivity (Wildman–Crippen MR) is 183 cm³/mol. The first-order chi connectivity index (χ1) is 22.1. The molecule has 0 spiro atoms. The maximum atomic E-state index is 14.5. The van der Waals surface area contributed by atoms with Crippen molar-refractivity contribution < 1.29 is 22.7 Å². The van der Waals surface area contributed by atoms with Gasteiger partial charge in [0, 0.05) is 24.5 Å². The van der Waals surface area contributed by atoms with Gasteiger partial charge in [-0.25, -0.2) is 8.42 Å². The van der Waals surface area contributed by atoms with Gasteiger partial charge in [-0.2, -0.15) is 0 Å². The standard InChI is InChI=1S/C36H40ClN3O5S/c1-4-5-23-38-36(42)34(24-28-11-7-6-8-12-28)39(25-29-13-9-10-14-33(29)37)35(41)26-40(30-17-19-31(45-3)20-18-30)46(43,44)32-21-15-27(2)16-22-32/h6-22,34H,4-5,23-26H2,1-3H3,(H,38,42)/t34-/m0/s1. The number of unbranched alkanes of at least 4 members (excludes halogenated alkanes) is 1. The van der Waals surface area contributed by atoms with E-state index < -0.39 is 28.5 Å². The number of hydrogen-bond acceptors (Lipinski definition) is 5. The Balaban J connectivity index is 1.80. The average molecular weight is 662 g/mol. The number of benzene rings is 4. The van der Waals surface area contributed by atoms with Crippen molar-refractivity contribution in [2.75, 3.05) is 24.5 Å². The van der Waals surface area contributed by atoms with E-state index in [9.17, 15) is 18.0 Å². The maximum Gasteiger partial charge on any atom is 0.264 e. The van der Waals surface area contributed by atoms with Crippen LogP contribution in [0.4, 0.5) is 5.69 Å². The number of rotatable bonds is 15. The third-order valence-electron chi connectivity index (χ3n) is 7.65. The van der Waals surface area contributed by atoms with Gasteiger partial charge in [-0.1, -0.05) is 91.2 Å². The number of carbonyl (C=O) groups excluding carboxylic acids is 2. The molecule has 0 bridgehead atoms. The molecule has 242 valence electrons. The molecule has 0 radical (unpaired) electrons. The third kappa shape index (κ3) is 8.89. The number of carbonyl (C=O) groups is 2. The average Bonchev–Trinajstić information content (AvgIpc) is 3.06. The SMILES string of the molecule is CCCCNC(=O)[C@H](Cc1ccccc1)N(Cc1ccccc1Cl)C(=O)CN(c1ccc(OC)cc1)S(=O)(=O)c1ccc(C)cc1. The summed E-state index contributed by atoms with van der Waals surface area (Å²) < 4.78 is 34.7. The van der Waals surface area contributed by atoms with Crippen LogP contribution in [-0.4, -0.2) is 51.4 Å². The molecule has 0 saturated heterocycles. The van der Waals surface area contributed by atoms with Gasteiger partial charge in [0.25, 0.3) is 10.0 Å². The number of nitrogens with zero attached hydrogens (tertiary/aromatic N) is 2. The predicted octanol–water partition coefficient (Wildman–Crippen LogP) is 6.41. The molecule has 0 unspecified atom stereocenters. The minimum absolute atomic E-state index is 0.00175. The summed E-state index contributed by atoms with van der Waals surface area (Å²) in [5.74, 6) is -0.345. The van der Waals surface area contributed by atoms with E-state index in [-0.39, 0.29) is 29.5 Å². The Labute approximate surface area is 277 Å². The molecule has 4 aromatic rings. The van der Waals surface area contributed by atoms with Crippen molar-refractivity contribution in [1.29, 1.82) is 0 Å². The van der Waals surface area contributed by atoms with E-state index >= 15 is 0 Å². The molecule has 1 N–H and O–H groups in total. The molecule has 8 nitrogen and oxygen atoms in total. The smallest absolute Gasteiger partial charge is 0.264 e. The van der Waals surface area contributed by atoms with Gasteiger partial charge in [-0.15, -0.1) is 0 Å². The Kier molecular flexibility index (Phi) is 12.2. The van der Waals surface area contributed by atoms with Crippen LogP contribution in [0.15, 0.2) is 108 Å². The van der Waals surface area contributed by atoms with Crippen molar-refractivity contribution >= 4 is 39.1 Å². The van der Waals surface area contributed by atoms with Crippen LogP contribution in [0.5, 0.6) is 5.75 Å². The quantitative estimate of drug-likeness (QED) is 0.149.